The number of nitrogens with two attached hydrogens (primary N) is 1. The van der Waals surface area contributed by atoms with Gasteiger partial charge in [0.15, 0.2) is 0 Å². The Hall–Kier alpha value is -0.860. The summed E-state index contributed by atoms with van der Waals surface area (Å²) in [4.78, 5) is 0. The summed E-state index contributed by atoms with van der Waals surface area (Å²) >= 11 is 0. The van der Waals surface area contributed by atoms with Crippen molar-refractivity contribution in [2.75, 3.05) is 0 Å². The Labute approximate surface area is 66.7 Å². The predicted octanol–water partition coefficient (Wildman–Crippen LogP) is 0.867. The molecule has 0 aliphatic carbocycles. The molecule has 3 N–H and O–H groups in total. The van der Waals surface area contributed by atoms with Gasteiger partial charge in [-0.2, -0.15) is 0 Å². The second-order valence-corrected chi connectivity index (χ2v) is 2.60. The molecule has 2 nitrogen and oxygen atoms in total. The van der Waals surface area contributed by atoms with Gasteiger partial charge in [0.2, 0.25) is 0 Å². The molecule has 0 saturated carbocycles. The van der Waals surface area contributed by atoms with Gasteiger partial charge >= 0.3 is 0 Å². The normalized spacial score (nSPS) is 15.9. The summed E-state index contributed by atoms with van der Waals surface area (Å²) in [5, 5.41) is 9.14. The molecular formula is C9H12NO. The Morgan fingerprint density at radius 1 is 1.45 bits per heavy atom. The lowest BCUT2D eigenvalue weighted by atomic mass is 10.0. The Kier molecular flexibility index (Phi) is 2.63. The van der Waals surface area contributed by atoms with Crippen LogP contribution < -0.4 is 5.73 Å². The molecule has 0 spiro atoms. The molecule has 0 fully saturated rings. The summed E-state index contributed by atoms with van der Waals surface area (Å²) in [6, 6.07) is 9.90. The van der Waals surface area contributed by atoms with Crippen LogP contribution in [0.4, 0.5) is 0 Å². The first-order valence-corrected chi connectivity index (χ1v) is 3.61. The fourth-order valence-electron chi connectivity index (χ4n) is 0.901. The summed E-state index contributed by atoms with van der Waals surface area (Å²) in [5.41, 5.74) is 6.62. The number of rotatable bonds is 2. The van der Waals surface area contributed by atoms with E-state index in [1.807, 2.05) is 12.1 Å². The predicted molar refractivity (Wildman–Crippen MR) is 43.9 cm³/mol. The van der Waals surface area contributed by atoms with E-state index in [-0.39, 0.29) is 6.04 Å². The maximum Gasteiger partial charge on any atom is 0.0704 e. The molecule has 0 amide bonds. The van der Waals surface area contributed by atoms with Crippen molar-refractivity contribution < 1.29 is 5.11 Å². The zero-order valence-electron chi connectivity index (χ0n) is 6.49. The van der Waals surface area contributed by atoms with Crippen molar-refractivity contribution in [1.82, 2.24) is 0 Å². The molecule has 59 valence electrons. The van der Waals surface area contributed by atoms with E-state index in [1.165, 1.54) is 0 Å². The molecule has 2 heteroatoms. The van der Waals surface area contributed by atoms with E-state index in [4.69, 9.17) is 10.8 Å². The van der Waals surface area contributed by atoms with Crippen LogP contribution in [0.15, 0.2) is 24.3 Å². The summed E-state index contributed by atoms with van der Waals surface area (Å²) in [6.07, 6.45) is -0.502. The van der Waals surface area contributed by atoms with E-state index >= 15 is 0 Å². The maximum atomic E-state index is 9.14. The molecule has 0 heterocycles. The monoisotopic (exact) mass is 150 g/mol. The van der Waals surface area contributed by atoms with Gasteiger partial charge in [0.05, 0.1) is 12.1 Å². The van der Waals surface area contributed by atoms with Crippen LogP contribution in [0, 0.1) is 6.07 Å². The highest BCUT2D eigenvalue weighted by Crippen LogP contribution is 2.12. The second-order valence-electron chi connectivity index (χ2n) is 2.60. The van der Waals surface area contributed by atoms with Crippen LogP contribution in [0.1, 0.15) is 18.5 Å². The average molecular weight is 150 g/mol. The lowest BCUT2D eigenvalue weighted by Crippen LogP contribution is -2.22. The van der Waals surface area contributed by atoms with Gasteiger partial charge < -0.3 is 10.8 Å². The van der Waals surface area contributed by atoms with Crippen molar-refractivity contribution in [3.63, 3.8) is 0 Å². The van der Waals surface area contributed by atoms with Crippen LogP contribution in [0.2, 0.25) is 0 Å². The highest BCUT2D eigenvalue weighted by Gasteiger charge is 2.10. The maximum absolute atomic E-state index is 9.14. The van der Waals surface area contributed by atoms with Gasteiger partial charge in [-0.1, -0.05) is 24.3 Å². The van der Waals surface area contributed by atoms with Crippen molar-refractivity contribution in [3.8, 4) is 0 Å². The minimum Gasteiger partial charge on any atom is -0.391 e. The minimum atomic E-state index is -0.502. The smallest absolute Gasteiger partial charge is 0.0704 e. The summed E-state index contributed by atoms with van der Waals surface area (Å²) in [7, 11) is 0. The minimum absolute atomic E-state index is 0.287. The molecule has 0 saturated heterocycles. The van der Waals surface area contributed by atoms with Crippen LogP contribution in [0.25, 0.3) is 0 Å². The Bertz CT molecular complexity index is 208. The van der Waals surface area contributed by atoms with Crippen molar-refractivity contribution in [2.45, 2.75) is 19.1 Å². The Morgan fingerprint density at radius 3 is 2.45 bits per heavy atom. The van der Waals surface area contributed by atoms with Gasteiger partial charge in [-0.15, -0.1) is 0 Å². The number of hydrogen-bond donors (Lipinski definition) is 2. The van der Waals surface area contributed by atoms with Crippen molar-refractivity contribution >= 4 is 0 Å². The molecule has 2 unspecified atom stereocenters. The fourth-order valence-corrected chi connectivity index (χ4v) is 0.901. The highest BCUT2D eigenvalue weighted by atomic mass is 16.3. The van der Waals surface area contributed by atoms with Gasteiger partial charge in [0.1, 0.15) is 0 Å². The van der Waals surface area contributed by atoms with Crippen LogP contribution in [0.5, 0.6) is 0 Å². The van der Waals surface area contributed by atoms with Crippen molar-refractivity contribution in [3.05, 3.63) is 35.9 Å². The third kappa shape index (κ3) is 2.03. The zero-order chi connectivity index (χ0) is 8.27. The van der Waals surface area contributed by atoms with Crippen LogP contribution in [0.3, 0.4) is 0 Å². The van der Waals surface area contributed by atoms with Crippen LogP contribution in [-0.4, -0.2) is 11.2 Å². The van der Waals surface area contributed by atoms with Crippen molar-refractivity contribution in [2.24, 2.45) is 5.73 Å². The number of aliphatic hydroxyl groups excluding tert-OH is 1. The summed E-state index contributed by atoms with van der Waals surface area (Å²) in [6.45, 7) is 1.68. The largest absolute Gasteiger partial charge is 0.391 e. The zero-order valence-corrected chi connectivity index (χ0v) is 6.49. The van der Waals surface area contributed by atoms with E-state index in [0.29, 0.717) is 0 Å². The van der Waals surface area contributed by atoms with Gasteiger partial charge in [0.25, 0.3) is 0 Å². The molecule has 2 atom stereocenters. The highest BCUT2D eigenvalue weighted by molar-refractivity contribution is 5.18. The van der Waals surface area contributed by atoms with E-state index in [9.17, 15) is 0 Å². The van der Waals surface area contributed by atoms with Gasteiger partial charge in [-0.05, 0) is 18.6 Å². The quantitative estimate of drug-likeness (QED) is 0.657. The molecule has 1 radical (unpaired) electrons. The summed E-state index contributed by atoms with van der Waals surface area (Å²) < 4.78 is 0. The van der Waals surface area contributed by atoms with Crippen molar-refractivity contribution in [1.29, 1.82) is 0 Å². The molecule has 1 aromatic rings. The Morgan fingerprint density at radius 2 is 2.00 bits per heavy atom. The first kappa shape index (κ1) is 8.24. The molecule has 0 bridgehead atoms. The van der Waals surface area contributed by atoms with E-state index in [1.54, 1.807) is 19.1 Å². The average Bonchev–Trinajstić information content (AvgIpc) is 2.05. The topological polar surface area (TPSA) is 46.2 Å². The molecule has 1 rings (SSSR count). The van der Waals surface area contributed by atoms with Gasteiger partial charge in [0, 0.05) is 0 Å². The van der Waals surface area contributed by atoms with E-state index in [0.717, 1.165) is 5.56 Å². The summed E-state index contributed by atoms with van der Waals surface area (Å²) in [5.74, 6) is 0. The SMILES string of the molecule is CC(O)C(N)c1cc[c]cc1. The Balaban J connectivity index is 2.77. The number of benzene rings is 1. The molecular weight excluding hydrogens is 138 g/mol. The molecule has 0 aliphatic rings. The lowest BCUT2D eigenvalue weighted by Gasteiger charge is -2.14. The first-order valence-electron chi connectivity index (χ1n) is 3.61. The van der Waals surface area contributed by atoms with Gasteiger partial charge in [-0.3, -0.25) is 0 Å². The first-order chi connectivity index (χ1) is 5.22. The molecule has 1 aromatic carbocycles. The van der Waals surface area contributed by atoms with E-state index < -0.39 is 6.10 Å². The van der Waals surface area contributed by atoms with E-state index in [2.05, 4.69) is 6.07 Å². The third-order valence-electron chi connectivity index (χ3n) is 1.65. The molecule has 11 heavy (non-hydrogen) atoms. The lowest BCUT2D eigenvalue weighted by molar-refractivity contribution is 0.164. The number of aliphatic hydroxyl groups is 1. The molecule has 0 aromatic heterocycles. The fraction of sp³-hybridized carbons (Fsp3) is 0.333. The number of hydrogen-bond acceptors (Lipinski definition) is 2. The molecule has 0 aliphatic heterocycles. The third-order valence-corrected chi connectivity index (χ3v) is 1.65. The second kappa shape index (κ2) is 3.51. The van der Waals surface area contributed by atoms with Crippen LogP contribution in [-0.2, 0) is 0 Å². The standard InChI is InChI=1S/C9H12NO/c1-7(11)9(10)8-5-3-2-4-6-8/h3-7,9,11H,10H2,1H3. The van der Waals surface area contributed by atoms with Crippen LogP contribution >= 0.6 is 0 Å². The van der Waals surface area contributed by atoms with Gasteiger partial charge in [-0.25, -0.2) is 0 Å².